The first kappa shape index (κ1) is 17.3. The Bertz CT molecular complexity index is 1390. The quantitative estimate of drug-likeness (QED) is 0.475. The Morgan fingerprint density at radius 1 is 1.00 bits per heavy atom. The number of nitrogens with one attached hydrogen (secondary N) is 1. The van der Waals surface area contributed by atoms with Gasteiger partial charge in [0.05, 0.1) is 5.39 Å². The van der Waals surface area contributed by atoms with E-state index in [-0.39, 0.29) is 11.2 Å². The van der Waals surface area contributed by atoms with E-state index in [1.54, 1.807) is 42.6 Å². The highest BCUT2D eigenvalue weighted by Gasteiger charge is 2.13. The summed E-state index contributed by atoms with van der Waals surface area (Å²) in [6, 6.07) is 19.1. The molecule has 6 nitrogen and oxygen atoms in total. The molecule has 5 rings (SSSR count). The maximum absolute atomic E-state index is 12.5. The molecular weight excluding hydrogens is 386 g/mol. The summed E-state index contributed by atoms with van der Waals surface area (Å²) in [7, 11) is 0. The number of carbonyl (C=O) groups excluding carboxylic acids is 1. The van der Waals surface area contributed by atoms with E-state index in [9.17, 15) is 9.59 Å². The lowest BCUT2D eigenvalue weighted by atomic mass is 10.2. The van der Waals surface area contributed by atoms with Gasteiger partial charge in [0.1, 0.15) is 20.9 Å². The number of aromatic nitrogens is 2. The normalized spacial score (nSPS) is 11.0. The third kappa shape index (κ3) is 3.28. The fraction of sp³-hybridized carbons (Fsp3) is 0. The van der Waals surface area contributed by atoms with E-state index in [4.69, 9.17) is 4.42 Å². The maximum Gasteiger partial charge on any atom is 0.291 e. The lowest BCUT2D eigenvalue weighted by Crippen LogP contribution is -2.14. The van der Waals surface area contributed by atoms with Crippen LogP contribution in [0.25, 0.3) is 31.9 Å². The average molecular weight is 399 g/mol. The average Bonchev–Trinajstić information content (AvgIpc) is 3.18. The van der Waals surface area contributed by atoms with Crippen LogP contribution in [0.2, 0.25) is 0 Å². The second-order valence-corrected chi connectivity index (χ2v) is 7.33. The zero-order valence-electron chi connectivity index (χ0n) is 15.0. The Kier molecular flexibility index (Phi) is 4.14. The van der Waals surface area contributed by atoms with E-state index < -0.39 is 5.91 Å². The lowest BCUT2D eigenvalue weighted by Gasteiger charge is -2.06. The number of anilines is 1. The van der Waals surface area contributed by atoms with Gasteiger partial charge in [-0.1, -0.05) is 23.5 Å². The highest BCUT2D eigenvalue weighted by molar-refractivity contribution is 7.21. The molecule has 2 aromatic carbocycles. The number of benzene rings is 2. The van der Waals surface area contributed by atoms with Crippen molar-refractivity contribution in [3.63, 3.8) is 0 Å². The zero-order chi connectivity index (χ0) is 19.8. The van der Waals surface area contributed by atoms with Crippen molar-refractivity contribution in [1.29, 1.82) is 0 Å². The van der Waals surface area contributed by atoms with Crippen molar-refractivity contribution < 1.29 is 9.21 Å². The first-order valence-electron chi connectivity index (χ1n) is 8.84. The van der Waals surface area contributed by atoms with Crippen LogP contribution in [0.15, 0.2) is 82.1 Å². The molecule has 0 radical (unpaired) electrons. The Morgan fingerprint density at radius 2 is 1.83 bits per heavy atom. The number of carbonyl (C=O) groups is 1. The molecule has 0 bridgehead atoms. The summed E-state index contributed by atoms with van der Waals surface area (Å²) < 4.78 is 5.58. The molecule has 0 atom stereocenters. The molecule has 0 spiro atoms. The molecule has 140 valence electrons. The molecule has 0 aliphatic rings. The number of fused-ring (bicyclic) bond motifs is 2. The number of nitrogens with zero attached hydrogens (tertiary/aromatic N) is 2. The molecule has 0 fully saturated rings. The fourth-order valence-corrected chi connectivity index (χ4v) is 3.91. The van der Waals surface area contributed by atoms with Crippen LogP contribution in [-0.2, 0) is 0 Å². The summed E-state index contributed by atoms with van der Waals surface area (Å²) in [5, 5.41) is 4.06. The van der Waals surface area contributed by atoms with Gasteiger partial charge in [-0.15, -0.1) is 0 Å². The van der Waals surface area contributed by atoms with Gasteiger partial charge in [0.2, 0.25) is 0 Å². The largest absolute Gasteiger partial charge is 0.451 e. The number of hydrogen-bond acceptors (Lipinski definition) is 6. The number of rotatable bonds is 3. The third-order valence-corrected chi connectivity index (χ3v) is 5.44. The molecule has 0 unspecified atom stereocenters. The van der Waals surface area contributed by atoms with Crippen molar-refractivity contribution in [2.45, 2.75) is 0 Å². The lowest BCUT2D eigenvalue weighted by molar-refractivity contribution is 0.0997. The summed E-state index contributed by atoms with van der Waals surface area (Å²) in [5.74, 6) is -0.514. The van der Waals surface area contributed by atoms with Crippen molar-refractivity contribution >= 4 is 44.2 Å². The summed E-state index contributed by atoms with van der Waals surface area (Å²) in [6.45, 7) is 0. The first-order valence-corrected chi connectivity index (χ1v) is 9.65. The molecule has 1 amide bonds. The summed E-state index contributed by atoms with van der Waals surface area (Å²) in [4.78, 5) is 34.5. The van der Waals surface area contributed by atoms with Gasteiger partial charge in [-0.2, -0.15) is 0 Å². The number of para-hydroxylation sites is 1. The molecular formula is C22H13N3O3S. The minimum absolute atomic E-state index is 0.0324. The van der Waals surface area contributed by atoms with Crippen LogP contribution >= 0.6 is 11.3 Å². The van der Waals surface area contributed by atoms with Crippen molar-refractivity contribution in [3.05, 3.63) is 88.9 Å². The van der Waals surface area contributed by atoms with E-state index in [0.717, 1.165) is 20.9 Å². The van der Waals surface area contributed by atoms with E-state index in [2.05, 4.69) is 15.3 Å². The van der Waals surface area contributed by atoms with Crippen LogP contribution in [0.3, 0.4) is 0 Å². The molecule has 0 saturated carbocycles. The van der Waals surface area contributed by atoms with Gasteiger partial charge in [0.15, 0.2) is 11.2 Å². The minimum atomic E-state index is -0.482. The first-order chi connectivity index (χ1) is 14.2. The zero-order valence-corrected chi connectivity index (χ0v) is 15.8. The smallest absolute Gasteiger partial charge is 0.291 e. The molecule has 1 N–H and O–H groups in total. The molecule has 0 aliphatic carbocycles. The molecule has 29 heavy (non-hydrogen) atoms. The van der Waals surface area contributed by atoms with Crippen LogP contribution in [0.5, 0.6) is 0 Å². The van der Waals surface area contributed by atoms with E-state index in [1.807, 2.05) is 24.3 Å². The number of hydrogen-bond donors (Lipinski definition) is 1. The highest BCUT2D eigenvalue weighted by Crippen LogP contribution is 2.29. The SMILES string of the molecule is O=C(Nc1ccc(-c2nc3cccnc3s2)cc1)c1cc(=O)c2ccccc2o1. The molecule has 0 aliphatic heterocycles. The van der Waals surface area contributed by atoms with Gasteiger partial charge < -0.3 is 9.73 Å². The number of pyridine rings is 1. The van der Waals surface area contributed by atoms with Crippen molar-refractivity contribution in [2.75, 3.05) is 5.32 Å². The van der Waals surface area contributed by atoms with E-state index >= 15 is 0 Å². The van der Waals surface area contributed by atoms with Crippen LogP contribution < -0.4 is 10.7 Å². The second-order valence-electron chi connectivity index (χ2n) is 6.35. The van der Waals surface area contributed by atoms with Crippen LogP contribution in [-0.4, -0.2) is 15.9 Å². The Labute approximate surface area is 168 Å². The Hall–Kier alpha value is -3.84. The van der Waals surface area contributed by atoms with Crippen molar-refractivity contribution in [1.82, 2.24) is 9.97 Å². The summed E-state index contributed by atoms with van der Waals surface area (Å²) in [6.07, 6.45) is 1.74. The number of amides is 1. The van der Waals surface area contributed by atoms with Crippen LogP contribution in [0, 0.1) is 0 Å². The van der Waals surface area contributed by atoms with E-state index in [1.165, 1.54) is 17.4 Å². The minimum Gasteiger partial charge on any atom is -0.451 e. The maximum atomic E-state index is 12.5. The van der Waals surface area contributed by atoms with Gasteiger partial charge in [-0.05, 0) is 48.5 Å². The van der Waals surface area contributed by atoms with E-state index in [0.29, 0.717) is 16.7 Å². The van der Waals surface area contributed by atoms with Gasteiger partial charge in [0, 0.05) is 23.5 Å². The van der Waals surface area contributed by atoms with Gasteiger partial charge >= 0.3 is 0 Å². The Morgan fingerprint density at radius 3 is 2.66 bits per heavy atom. The molecule has 3 heterocycles. The summed E-state index contributed by atoms with van der Waals surface area (Å²) in [5.41, 5.74) is 2.51. The van der Waals surface area contributed by atoms with Gasteiger partial charge in [-0.25, -0.2) is 9.97 Å². The fourth-order valence-electron chi connectivity index (χ4n) is 3.00. The monoisotopic (exact) mass is 399 g/mol. The molecule has 5 aromatic rings. The van der Waals surface area contributed by atoms with Crippen LogP contribution in [0.4, 0.5) is 5.69 Å². The second kappa shape index (κ2) is 6.96. The molecule has 0 saturated heterocycles. The Balaban J connectivity index is 1.39. The molecule has 7 heteroatoms. The van der Waals surface area contributed by atoms with Crippen molar-refractivity contribution in [2.24, 2.45) is 0 Å². The predicted octanol–water partition coefficient (Wildman–Crippen LogP) is 4.72. The number of thiazole rings is 1. The topological polar surface area (TPSA) is 85.1 Å². The summed E-state index contributed by atoms with van der Waals surface area (Å²) >= 11 is 1.51. The standard InChI is InChI=1S/C22H13N3O3S/c26-17-12-19(28-18-6-2-1-4-15(17)18)20(27)24-14-9-7-13(8-10-14)21-25-16-5-3-11-23-22(16)29-21/h1-12H,(H,24,27). The van der Waals surface area contributed by atoms with Gasteiger partial charge in [-0.3, -0.25) is 9.59 Å². The van der Waals surface area contributed by atoms with Gasteiger partial charge in [0.25, 0.3) is 5.91 Å². The van der Waals surface area contributed by atoms with Crippen LogP contribution in [0.1, 0.15) is 10.6 Å². The van der Waals surface area contributed by atoms with Crippen molar-refractivity contribution in [3.8, 4) is 10.6 Å². The third-order valence-electron chi connectivity index (χ3n) is 4.41. The highest BCUT2D eigenvalue weighted by atomic mass is 32.1. The molecule has 3 aromatic heterocycles. The predicted molar refractivity (Wildman–Crippen MR) is 113 cm³/mol.